The molecule has 0 aliphatic carbocycles. The van der Waals surface area contributed by atoms with Crippen LogP contribution in [-0.4, -0.2) is 79.5 Å². The molecule has 0 saturated carbocycles. The molecule has 0 radical (unpaired) electrons. The summed E-state index contributed by atoms with van der Waals surface area (Å²) in [5.74, 6) is -0.412. The molecule has 33 heavy (non-hydrogen) atoms. The van der Waals surface area contributed by atoms with Crippen molar-refractivity contribution in [3.8, 4) is 0 Å². The third-order valence-corrected chi connectivity index (χ3v) is 8.08. The van der Waals surface area contributed by atoms with Gasteiger partial charge in [0.1, 0.15) is 0 Å². The van der Waals surface area contributed by atoms with Gasteiger partial charge in [-0.25, -0.2) is 8.42 Å². The number of hydrogen-bond donors (Lipinski definition) is 2. The summed E-state index contributed by atoms with van der Waals surface area (Å²) in [6, 6.07) is 5.74. The molecule has 2 heterocycles. The van der Waals surface area contributed by atoms with Gasteiger partial charge >= 0.3 is 0 Å². The number of aromatic amines is 1. The van der Waals surface area contributed by atoms with Gasteiger partial charge in [0, 0.05) is 55.7 Å². The minimum Gasteiger partial charge on any atom is -0.373 e. The van der Waals surface area contributed by atoms with E-state index in [4.69, 9.17) is 4.74 Å². The maximum absolute atomic E-state index is 13.1. The van der Waals surface area contributed by atoms with Gasteiger partial charge in [0.15, 0.2) is 0 Å². The summed E-state index contributed by atoms with van der Waals surface area (Å²) >= 11 is 0. The minimum absolute atomic E-state index is 0.0783. The molecule has 3 atom stereocenters. The van der Waals surface area contributed by atoms with Crippen LogP contribution < -0.4 is 10.9 Å². The Hall–Kier alpha value is -2.27. The zero-order valence-corrected chi connectivity index (χ0v) is 20.7. The van der Waals surface area contributed by atoms with E-state index in [-0.39, 0.29) is 28.7 Å². The molecule has 1 fully saturated rings. The first-order valence-electron chi connectivity index (χ1n) is 11.4. The summed E-state index contributed by atoms with van der Waals surface area (Å²) in [7, 11) is -3.70. The first-order chi connectivity index (χ1) is 15.6. The number of ether oxygens (including phenoxy) is 1. The van der Waals surface area contributed by atoms with Crippen molar-refractivity contribution in [3.05, 3.63) is 40.2 Å². The van der Waals surface area contributed by atoms with Crippen molar-refractivity contribution < 1.29 is 17.9 Å². The molecule has 0 unspecified atom stereocenters. The first kappa shape index (κ1) is 25.4. The maximum atomic E-state index is 13.1. The van der Waals surface area contributed by atoms with Gasteiger partial charge in [-0.05, 0) is 39.0 Å². The second-order valence-corrected chi connectivity index (χ2v) is 10.6. The van der Waals surface area contributed by atoms with E-state index >= 15 is 0 Å². The highest BCUT2D eigenvalue weighted by molar-refractivity contribution is 7.89. The zero-order chi connectivity index (χ0) is 24.3. The van der Waals surface area contributed by atoms with Gasteiger partial charge in [-0.15, -0.1) is 0 Å². The number of carbonyl (C=O) groups excluding carboxylic acids is 1. The number of carbonyl (C=O) groups is 1. The van der Waals surface area contributed by atoms with Gasteiger partial charge in [-0.2, -0.15) is 4.31 Å². The molecular formula is C23H34N4O5S. The Morgan fingerprint density at radius 3 is 2.45 bits per heavy atom. The van der Waals surface area contributed by atoms with Crippen molar-refractivity contribution in [2.24, 2.45) is 0 Å². The van der Waals surface area contributed by atoms with Crippen LogP contribution in [0.4, 0.5) is 0 Å². The van der Waals surface area contributed by atoms with Crippen molar-refractivity contribution in [1.29, 1.82) is 0 Å². The number of fused-ring (bicyclic) bond motifs is 1. The molecule has 0 bridgehead atoms. The van der Waals surface area contributed by atoms with Crippen LogP contribution in [0, 0.1) is 0 Å². The number of H-pyrrole nitrogens is 1. The lowest BCUT2D eigenvalue weighted by Crippen LogP contribution is -2.52. The SMILES string of the molecule is CCN(CC)S(=O)(=O)c1ccc2[nH]c(=O)cc(C(=O)NC[C@@H](C)N3C[C@@H](C)O[C@@H](C)C3)c2c1. The molecule has 1 aliphatic rings. The topological polar surface area (TPSA) is 112 Å². The summed E-state index contributed by atoms with van der Waals surface area (Å²) in [6.07, 6.45) is 0.240. The molecule has 1 aromatic carbocycles. The van der Waals surface area contributed by atoms with Crippen molar-refractivity contribution in [3.63, 3.8) is 0 Å². The van der Waals surface area contributed by atoms with Gasteiger partial charge in [-0.1, -0.05) is 13.8 Å². The highest BCUT2D eigenvalue weighted by atomic mass is 32.2. The van der Waals surface area contributed by atoms with Crippen LogP contribution in [0.25, 0.3) is 10.9 Å². The van der Waals surface area contributed by atoms with E-state index < -0.39 is 21.5 Å². The van der Waals surface area contributed by atoms with E-state index in [0.717, 1.165) is 13.1 Å². The van der Waals surface area contributed by atoms with Gasteiger partial charge in [0.05, 0.1) is 22.7 Å². The number of nitrogens with zero attached hydrogens (tertiary/aromatic N) is 2. The largest absolute Gasteiger partial charge is 0.373 e. The molecule has 9 nitrogen and oxygen atoms in total. The van der Waals surface area contributed by atoms with E-state index in [2.05, 4.69) is 15.2 Å². The summed E-state index contributed by atoms with van der Waals surface area (Å²) < 4.78 is 33.1. The van der Waals surface area contributed by atoms with Crippen LogP contribution >= 0.6 is 0 Å². The number of pyridine rings is 1. The van der Waals surface area contributed by atoms with E-state index in [1.807, 2.05) is 20.8 Å². The summed E-state index contributed by atoms with van der Waals surface area (Å²) in [5.41, 5.74) is 0.146. The Labute approximate surface area is 195 Å². The number of aromatic nitrogens is 1. The minimum atomic E-state index is -3.70. The highest BCUT2D eigenvalue weighted by Gasteiger charge is 2.27. The molecule has 10 heteroatoms. The van der Waals surface area contributed by atoms with E-state index in [1.54, 1.807) is 13.8 Å². The number of morpholine rings is 1. The second-order valence-electron chi connectivity index (χ2n) is 8.61. The van der Waals surface area contributed by atoms with Crippen LogP contribution in [0.3, 0.4) is 0 Å². The monoisotopic (exact) mass is 478 g/mol. The first-order valence-corrected chi connectivity index (χ1v) is 12.9. The van der Waals surface area contributed by atoms with E-state index in [1.165, 1.54) is 28.6 Å². The fraction of sp³-hybridized carbons (Fsp3) is 0.565. The summed E-state index contributed by atoms with van der Waals surface area (Å²) in [6.45, 7) is 12.3. The number of rotatable bonds is 8. The smallest absolute Gasteiger partial charge is 0.252 e. The van der Waals surface area contributed by atoms with Gasteiger partial charge < -0.3 is 15.0 Å². The van der Waals surface area contributed by atoms with Crippen molar-refractivity contribution in [1.82, 2.24) is 19.5 Å². The van der Waals surface area contributed by atoms with E-state index in [0.29, 0.717) is 30.5 Å². The van der Waals surface area contributed by atoms with Gasteiger partial charge in [0.2, 0.25) is 15.6 Å². The van der Waals surface area contributed by atoms with Crippen LogP contribution in [0.2, 0.25) is 0 Å². The van der Waals surface area contributed by atoms with E-state index in [9.17, 15) is 18.0 Å². The van der Waals surface area contributed by atoms with Gasteiger partial charge in [-0.3, -0.25) is 14.5 Å². The zero-order valence-electron chi connectivity index (χ0n) is 19.9. The lowest BCUT2D eigenvalue weighted by Gasteiger charge is -2.39. The Morgan fingerprint density at radius 2 is 1.85 bits per heavy atom. The molecule has 1 aliphatic heterocycles. The van der Waals surface area contributed by atoms with Crippen LogP contribution in [0.1, 0.15) is 45.0 Å². The normalized spacial score (nSPS) is 20.8. The summed E-state index contributed by atoms with van der Waals surface area (Å²) in [4.78, 5) is 30.3. The maximum Gasteiger partial charge on any atom is 0.252 e. The third kappa shape index (κ3) is 5.63. The van der Waals surface area contributed by atoms with Crippen molar-refractivity contribution in [2.45, 2.75) is 57.8 Å². The Morgan fingerprint density at radius 1 is 1.21 bits per heavy atom. The number of nitrogens with one attached hydrogen (secondary N) is 2. The predicted octanol–water partition coefficient (Wildman–Crippen LogP) is 1.79. The van der Waals surface area contributed by atoms with Gasteiger partial charge in [0.25, 0.3) is 5.91 Å². The fourth-order valence-corrected chi connectivity index (χ4v) is 5.82. The molecule has 1 amide bonds. The Balaban J connectivity index is 1.87. The summed E-state index contributed by atoms with van der Waals surface area (Å²) in [5, 5.41) is 3.30. The lowest BCUT2D eigenvalue weighted by molar-refractivity contribution is -0.0778. The highest BCUT2D eigenvalue weighted by Crippen LogP contribution is 2.23. The molecule has 1 saturated heterocycles. The molecule has 2 N–H and O–H groups in total. The third-order valence-electron chi connectivity index (χ3n) is 6.03. The fourth-order valence-electron chi connectivity index (χ4n) is 4.34. The average molecular weight is 479 g/mol. The molecule has 3 rings (SSSR count). The molecule has 2 aromatic rings. The van der Waals surface area contributed by atoms with Crippen LogP contribution in [0.5, 0.6) is 0 Å². The van der Waals surface area contributed by atoms with Crippen LogP contribution in [-0.2, 0) is 14.8 Å². The Bertz CT molecular complexity index is 1150. The molecule has 0 spiro atoms. The number of hydrogen-bond acceptors (Lipinski definition) is 6. The van der Waals surface area contributed by atoms with Crippen LogP contribution in [0.15, 0.2) is 34.0 Å². The standard InChI is InChI=1S/C23H34N4O5S/c1-6-27(7-2)33(30,31)18-8-9-21-19(10-18)20(11-22(28)25-21)23(29)24-12-15(3)26-13-16(4)32-17(5)14-26/h8-11,15-17H,6-7,12-14H2,1-5H3,(H,24,29)(H,25,28)/t15-,16-,17+/m1/s1. The lowest BCUT2D eigenvalue weighted by atomic mass is 10.1. The number of amides is 1. The average Bonchev–Trinajstić information content (AvgIpc) is 2.76. The predicted molar refractivity (Wildman–Crippen MR) is 128 cm³/mol. The number of benzene rings is 1. The molecule has 182 valence electrons. The van der Waals surface area contributed by atoms with Crippen molar-refractivity contribution >= 4 is 26.8 Å². The molecular weight excluding hydrogens is 444 g/mol. The van der Waals surface area contributed by atoms with Crippen molar-refractivity contribution in [2.75, 3.05) is 32.7 Å². The quantitative estimate of drug-likeness (QED) is 0.598. The Kier molecular flexibility index (Phi) is 7.94. The molecule has 1 aromatic heterocycles. The number of sulfonamides is 1. The second kappa shape index (κ2) is 10.3.